The largest absolute Gasteiger partial charge is 0.467 e. The van der Waals surface area contributed by atoms with Gasteiger partial charge in [-0.15, -0.1) is 0 Å². The first-order valence-corrected chi connectivity index (χ1v) is 7.86. The zero-order chi connectivity index (χ0) is 18.3. The average molecular weight is 356 g/mol. The molecule has 1 aromatic carbocycles. The summed E-state index contributed by atoms with van der Waals surface area (Å²) in [4.78, 5) is 35.8. The van der Waals surface area contributed by atoms with Crippen LogP contribution in [0, 0.1) is 0 Å². The van der Waals surface area contributed by atoms with Crippen molar-refractivity contribution in [3.8, 4) is 0 Å². The molecule has 7 heteroatoms. The number of amides is 1. The monoisotopic (exact) mass is 355 g/mol. The topological polar surface area (TPSA) is 81.7 Å². The number of carbonyl (C=O) groups is 3. The number of halogens is 1. The summed E-state index contributed by atoms with van der Waals surface area (Å²) in [5.41, 5.74) is -0.246. The highest BCUT2D eigenvalue weighted by atomic mass is 35.5. The zero-order valence-corrected chi connectivity index (χ0v) is 15.0. The van der Waals surface area contributed by atoms with E-state index < -0.39 is 23.7 Å². The first-order valence-electron chi connectivity index (χ1n) is 7.48. The van der Waals surface area contributed by atoms with Crippen molar-refractivity contribution in [1.82, 2.24) is 5.32 Å². The molecule has 0 radical (unpaired) electrons. The fourth-order valence-corrected chi connectivity index (χ4v) is 2.11. The van der Waals surface area contributed by atoms with E-state index in [0.717, 1.165) is 0 Å². The Morgan fingerprint density at radius 2 is 1.92 bits per heavy atom. The summed E-state index contributed by atoms with van der Waals surface area (Å²) >= 11 is 5.85. The van der Waals surface area contributed by atoms with Crippen molar-refractivity contribution in [3.63, 3.8) is 0 Å². The maximum Gasteiger partial charge on any atom is 0.408 e. The molecule has 0 saturated carbocycles. The minimum atomic E-state index is -0.965. The molecule has 0 heterocycles. The van der Waals surface area contributed by atoms with E-state index in [1.165, 1.54) is 7.11 Å². The molecule has 0 fully saturated rings. The highest BCUT2D eigenvalue weighted by Crippen LogP contribution is 2.14. The van der Waals surface area contributed by atoms with E-state index >= 15 is 0 Å². The van der Waals surface area contributed by atoms with Crippen LogP contribution in [0.15, 0.2) is 24.3 Å². The minimum Gasteiger partial charge on any atom is -0.467 e. The molecule has 0 spiro atoms. The van der Waals surface area contributed by atoms with E-state index in [0.29, 0.717) is 10.6 Å². The number of hydrogen-bond acceptors (Lipinski definition) is 5. The van der Waals surface area contributed by atoms with Gasteiger partial charge in [0.05, 0.1) is 7.11 Å². The molecule has 0 aliphatic carbocycles. The van der Waals surface area contributed by atoms with Crippen LogP contribution in [0.5, 0.6) is 0 Å². The average Bonchev–Trinajstić information content (AvgIpc) is 2.48. The van der Waals surface area contributed by atoms with Gasteiger partial charge in [-0.2, -0.15) is 0 Å². The number of ketones is 1. The van der Waals surface area contributed by atoms with Crippen LogP contribution in [0.4, 0.5) is 4.79 Å². The van der Waals surface area contributed by atoms with Crippen LogP contribution in [0.2, 0.25) is 5.02 Å². The summed E-state index contributed by atoms with van der Waals surface area (Å²) in [6.07, 6.45) is -0.596. The van der Waals surface area contributed by atoms with Crippen molar-refractivity contribution in [3.05, 3.63) is 34.9 Å². The number of hydrogen-bond donors (Lipinski definition) is 1. The molecule has 132 valence electrons. The third-order valence-corrected chi connectivity index (χ3v) is 3.22. The molecule has 0 aliphatic rings. The van der Waals surface area contributed by atoms with E-state index in [4.69, 9.17) is 16.3 Å². The number of alkyl carbamates (subject to hydrolysis) is 1. The third-order valence-electron chi connectivity index (χ3n) is 2.98. The molecule has 1 N–H and O–H groups in total. The summed E-state index contributed by atoms with van der Waals surface area (Å²) in [7, 11) is 1.21. The van der Waals surface area contributed by atoms with Gasteiger partial charge in [-0.1, -0.05) is 23.7 Å². The van der Waals surface area contributed by atoms with Crippen LogP contribution < -0.4 is 5.32 Å². The maximum atomic E-state index is 12.2. The Morgan fingerprint density at radius 3 is 2.46 bits per heavy atom. The van der Waals surface area contributed by atoms with Crippen LogP contribution in [0.1, 0.15) is 44.0 Å². The Hall–Kier alpha value is -2.08. The molecule has 0 unspecified atom stereocenters. The van der Waals surface area contributed by atoms with Gasteiger partial charge in [-0.25, -0.2) is 9.59 Å². The van der Waals surface area contributed by atoms with Crippen LogP contribution in [-0.4, -0.2) is 36.6 Å². The molecule has 0 aromatic heterocycles. The van der Waals surface area contributed by atoms with Gasteiger partial charge in [0.25, 0.3) is 0 Å². The number of Topliss-reactive ketones (excluding diaryl/α,β-unsaturated/α-hetero) is 1. The molecule has 1 amide bonds. The smallest absolute Gasteiger partial charge is 0.408 e. The van der Waals surface area contributed by atoms with Crippen molar-refractivity contribution < 1.29 is 23.9 Å². The lowest BCUT2D eigenvalue weighted by molar-refractivity contribution is -0.143. The molecule has 1 atom stereocenters. The molecular formula is C17H22ClNO5. The highest BCUT2D eigenvalue weighted by molar-refractivity contribution is 6.31. The SMILES string of the molecule is COC(=O)[C@@H](CCC(=O)c1cccc(Cl)c1)NC(=O)OC(C)(C)C. The minimum absolute atomic E-state index is 0.0515. The lowest BCUT2D eigenvalue weighted by Crippen LogP contribution is -2.44. The Morgan fingerprint density at radius 1 is 1.25 bits per heavy atom. The fourth-order valence-electron chi connectivity index (χ4n) is 1.92. The van der Waals surface area contributed by atoms with Crippen molar-refractivity contribution in [2.45, 2.75) is 45.3 Å². The van der Waals surface area contributed by atoms with Crippen LogP contribution >= 0.6 is 11.6 Å². The third kappa shape index (κ3) is 7.00. The first-order chi connectivity index (χ1) is 11.1. The number of esters is 1. The van der Waals surface area contributed by atoms with E-state index in [1.807, 2.05) is 0 Å². The lowest BCUT2D eigenvalue weighted by atomic mass is 10.0. The van der Waals surface area contributed by atoms with Crippen LogP contribution in [-0.2, 0) is 14.3 Å². The van der Waals surface area contributed by atoms with Gasteiger partial charge in [0, 0.05) is 17.0 Å². The van der Waals surface area contributed by atoms with Gasteiger partial charge in [0.1, 0.15) is 11.6 Å². The van der Waals surface area contributed by atoms with Gasteiger partial charge >= 0.3 is 12.1 Å². The number of methoxy groups -OCH3 is 1. The second kappa shape index (κ2) is 8.68. The van der Waals surface area contributed by atoms with E-state index in [1.54, 1.807) is 45.0 Å². The van der Waals surface area contributed by atoms with Gasteiger partial charge in [0.2, 0.25) is 0 Å². The van der Waals surface area contributed by atoms with Crippen LogP contribution in [0.3, 0.4) is 0 Å². The predicted molar refractivity (Wildman–Crippen MR) is 90.2 cm³/mol. The number of benzene rings is 1. The van der Waals surface area contributed by atoms with E-state index in [-0.39, 0.29) is 18.6 Å². The molecule has 0 aliphatic heterocycles. The fraction of sp³-hybridized carbons (Fsp3) is 0.471. The standard InChI is InChI=1S/C17H22ClNO5/c1-17(2,3)24-16(22)19-13(15(21)23-4)8-9-14(20)11-6-5-7-12(18)10-11/h5-7,10,13H,8-9H2,1-4H3,(H,19,22)/t13-/m1/s1. The maximum absolute atomic E-state index is 12.2. The summed E-state index contributed by atoms with van der Waals surface area (Å²) in [5.74, 6) is -0.822. The van der Waals surface area contributed by atoms with Gasteiger partial charge in [-0.05, 0) is 39.3 Å². The first kappa shape index (κ1) is 20.0. The molecule has 0 saturated heterocycles. The van der Waals surface area contributed by atoms with Crippen molar-refractivity contribution in [1.29, 1.82) is 0 Å². The molecule has 24 heavy (non-hydrogen) atoms. The molecule has 0 bridgehead atoms. The van der Waals surface area contributed by atoms with E-state index in [2.05, 4.69) is 10.1 Å². The lowest BCUT2D eigenvalue weighted by Gasteiger charge is -2.22. The molecule has 1 rings (SSSR count). The highest BCUT2D eigenvalue weighted by Gasteiger charge is 2.25. The summed E-state index contributed by atoms with van der Waals surface area (Å²) in [6.45, 7) is 5.13. The Bertz CT molecular complexity index is 609. The molecular weight excluding hydrogens is 334 g/mol. The van der Waals surface area contributed by atoms with Crippen LogP contribution in [0.25, 0.3) is 0 Å². The number of ether oxygens (including phenoxy) is 2. The number of nitrogens with one attached hydrogen (secondary N) is 1. The van der Waals surface area contributed by atoms with Gasteiger partial charge in [-0.3, -0.25) is 4.79 Å². The zero-order valence-electron chi connectivity index (χ0n) is 14.2. The summed E-state index contributed by atoms with van der Waals surface area (Å²) in [5, 5.41) is 2.88. The normalized spacial score (nSPS) is 12.2. The Kier molecular flexibility index (Phi) is 7.22. The molecule has 1 aromatic rings. The van der Waals surface area contributed by atoms with Crippen molar-refractivity contribution >= 4 is 29.4 Å². The van der Waals surface area contributed by atoms with Gasteiger partial charge in [0.15, 0.2) is 5.78 Å². The summed E-state index contributed by atoms with van der Waals surface area (Å²) in [6, 6.07) is 5.57. The van der Waals surface area contributed by atoms with E-state index in [9.17, 15) is 14.4 Å². The van der Waals surface area contributed by atoms with Crippen molar-refractivity contribution in [2.24, 2.45) is 0 Å². The second-order valence-corrected chi connectivity index (χ2v) is 6.63. The molecule has 6 nitrogen and oxygen atoms in total. The summed E-state index contributed by atoms with van der Waals surface area (Å²) < 4.78 is 9.77. The Balaban J connectivity index is 2.68. The number of rotatable bonds is 6. The quantitative estimate of drug-likeness (QED) is 0.625. The predicted octanol–water partition coefficient (Wildman–Crippen LogP) is 3.37. The van der Waals surface area contributed by atoms with Crippen molar-refractivity contribution in [2.75, 3.05) is 7.11 Å². The Labute approximate surface area is 146 Å². The van der Waals surface area contributed by atoms with Gasteiger partial charge < -0.3 is 14.8 Å². The number of carbonyl (C=O) groups excluding carboxylic acids is 3. The second-order valence-electron chi connectivity index (χ2n) is 6.19.